The summed E-state index contributed by atoms with van der Waals surface area (Å²) < 4.78 is 0. The van der Waals surface area contributed by atoms with Gasteiger partial charge in [-0.1, -0.05) is 0 Å². The molecule has 12 heavy (non-hydrogen) atoms. The normalized spacial score (nSPS) is 29.3. The maximum atomic E-state index is 10.3. The second-order valence-electron chi connectivity index (χ2n) is 2.91. The fraction of sp³-hybridized carbons (Fsp3) is 1.00. The molecule has 0 spiro atoms. The van der Waals surface area contributed by atoms with Gasteiger partial charge in [0.25, 0.3) is 0 Å². The Kier molecular flexibility index (Phi) is 2.95. The molecule has 0 heterocycles. The lowest BCUT2D eigenvalue weighted by atomic mass is 9.93. The third-order valence-electron chi connectivity index (χ3n) is 2.09. The number of nitro groups is 1. The molecule has 0 bridgehead atoms. The summed E-state index contributed by atoms with van der Waals surface area (Å²) in [5.41, 5.74) is 0. The second-order valence-corrected chi connectivity index (χ2v) is 2.91. The van der Waals surface area contributed by atoms with Crippen molar-refractivity contribution in [3.8, 4) is 0 Å². The van der Waals surface area contributed by atoms with Crippen molar-refractivity contribution in [2.75, 3.05) is 0 Å². The van der Waals surface area contributed by atoms with Gasteiger partial charge in [-0.15, -0.1) is 4.91 Å². The SMILES string of the molecule is O=NOC1CCCC([N+](=O)[O-])C1. The lowest BCUT2D eigenvalue weighted by Crippen LogP contribution is -2.30. The van der Waals surface area contributed by atoms with Crippen molar-refractivity contribution in [1.82, 2.24) is 0 Å². The van der Waals surface area contributed by atoms with Gasteiger partial charge in [0, 0.05) is 11.3 Å². The molecule has 0 saturated heterocycles. The summed E-state index contributed by atoms with van der Waals surface area (Å²) in [6.07, 6.45) is 1.94. The first-order valence-electron chi connectivity index (χ1n) is 3.86. The zero-order valence-electron chi connectivity index (χ0n) is 6.51. The molecule has 0 aliphatic heterocycles. The number of nitrogens with zero attached hydrogens (tertiary/aromatic N) is 2. The van der Waals surface area contributed by atoms with Crippen LogP contribution in [-0.2, 0) is 4.84 Å². The van der Waals surface area contributed by atoms with Gasteiger partial charge in [-0.25, -0.2) is 0 Å². The Bertz CT molecular complexity index is 184. The first-order valence-corrected chi connectivity index (χ1v) is 3.86. The minimum atomic E-state index is -0.564. The number of rotatable bonds is 3. The van der Waals surface area contributed by atoms with Gasteiger partial charge >= 0.3 is 0 Å². The molecule has 1 rings (SSSR count). The summed E-state index contributed by atoms with van der Waals surface area (Å²) in [6, 6.07) is -0.564. The van der Waals surface area contributed by atoms with Crippen molar-refractivity contribution in [2.45, 2.75) is 37.8 Å². The van der Waals surface area contributed by atoms with Crippen LogP contribution in [0.1, 0.15) is 25.7 Å². The van der Waals surface area contributed by atoms with Crippen LogP contribution in [0.5, 0.6) is 0 Å². The molecular formula is C6H10N2O4. The topological polar surface area (TPSA) is 81.8 Å². The molecule has 0 radical (unpaired) electrons. The van der Waals surface area contributed by atoms with E-state index in [2.05, 4.69) is 10.2 Å². The molecule has 0 N–H and O–H groups in total. The van der Waals surface area contributed by atoms with E-state index >= 15 is 0 Å². The highest BCUT2D eigenvalue weighted by Crippen LogP contribution is 2.22. The minimum Gasteiger partial charge on any atom is -0.360 e. The molecule has 1 fully saturated rings. The Hall–Kier alpha value is -1.20. The second kappa shape index (κ2) is 3.99. The molecule has 0 aromatic rings. The molecule has 2 atom stereocenters. The Morgan fingerprint density at radius 1 is 1.50 bits per heavy atom. The smallest absolute Gasteiger partial charge is 0.216 e. The maximum absolute atomic E-state index is 10.3. The molecule has 0 aromatic heterocycles. The van der Waals surface area contributed by atoms with Gasteiger partial charge in [-0.2, -0.15) is 0 Å². The van der Waals surface area contributed by atoms with Crippen LogP contribution >= 0.6 is 0 Å². The highest BCUT2D eigenvalue weighted by atomic mass is 16.7. The van der Waals surface area contributed by atoms with Crippen LogP contribution in [0, 0.1) is 15.0 Å². The first-order chi connectivity index (χ1) is 5.74. The lowest BCUT2D eigenvalue weighted by Gasteiger charge is -2.20. The summed E-state index contributed by atoms with van der Waals surface area (Å²) in [4.78, 5) is 24.2. The molecule has 68 valence electrons. The summed E-state index contributed by atoms with van der Waals surface area (Å²) in [6.45, 7) is 0. The quantitative estimate of drug-likeness (QED) is 0.366. The standard InChI is InChI=1S/C6H10N2O4/c9-7-12-6-3-1-2-5(4-6)8(10)11/h5-6H,1-4H2. The summed E-state index contributed by atoms with van der Waals surface area (Å²) >= 11 is 0. The van der Waals surface area contributed by atoms with E-state index in [1.54, 1.807) is 0 Å². The van der Waals surface area contributed by atoms with E-state index < -0.39 is 6.04 Å². The van der Waals surface area contributed by atoms with Crippen molar-refractivity contribution in [3.63, 3.8) is 0 Å². The van der Waals surface area contributed by atoms with E-state index in [0.717, 1.165) is 6.42 Å². The molecule has 1 saturated carbocycles. The third-order valence-corrected chi connectivity index (χ3v) is 2.09. The number of hydrogen-bond acceptors (Lipinski definition) is 5. The average molecular weight is 174 g/mol. The highest BCUT2D eigenvalue weighted by Gasteiger charge is 2.30. The van der Waals surface area contributed by atoms with E-state index in [1.807, 2.05) is 0 Å². The molecule has 1 aliphatic carbocycles. The van der Waals surface area contributed by atoms with Gasteiger partial charge < -0.3 is 4.84 Å². The molecule has 2 unspecified atom stereocenters. The van der Waals surface area contributed by atoms with E-state index in [4.69, 9.17) is 0 Å². The van der Waals surface area contributed by atoms with Gasteiger partial charge in [0.05, 0.1) is 6.42 Å². The summed E-state index contributed by atoms with van der Waals surface area (Å²) in [5, 5.41) is 12.6. The fourth-order valence-corrected chi connectivity index (χ4v) is 1.47. The van der Waals surface area contributed by atoms with Crippen LogP contribution in [0.15, 0.2) is 5.34 Å². The number of hydrogen-bond donors (Lipinski definition) is 0. The van der Waals surface area contributed by atoms with Crippen LogP contribution in [0.2, 0.25) is 0 Å². The van der Waals surface area contributed by atoms with Crippen molar-refractivity contribution >= 4 is 0 Å². The van der Waals surface area contributed by atoms with Crippen molar-refractivity contribution in [2.24, 2.45) is 5.34 Å². The van der Waals surface area contributed by atoms with Crippen LogP contribution in [0.3, 0.4) is 0 Å². The highest BCUT2D eigenvalue weighted by molar-refractivity contribution is 4.72. The molecule has 6 nitrogen and oxygen atoms in total. The third kappa shape index (κ3) is 2.14. The Balaban J connectivity index is 2.39. The minimum absolute atomic E-state index is 0.304. The Morgan fingerprint density at radius 2 is 2.25 bits per heavy atom. The predicted molar refractivity (Wildman–Crippen MR) is 39.9 cm³/mol. The van der Waals surface area contributed by atoms with Crippen molar-refractivity contribution in [1.29, 1.82) is 0 Å². The molecule has 1 aliphatic rings. The first kappa shape index (κ1) is 8.89. The summed E-state index contributed by atoms with van der Waals surface area (Å²) in [7, 11) is 0. The van der Waals surface area contributed by atoms with Crippen LogP contribution < -0.4 is 0 Å². The van der Waals surface area contributed by atoms with Crippen molar-refractivity contribution in [3.05, 3.63) is 15.0 Å². The fourth-order valence-electron chi connectivity index (χ4n) is 1.47. The lowest BCUT2D eigenvalue weighted by molar-refractivity contribution is -0.528. The predicted octanol–water partition coefficient (Wildman–Crippen LogP) is 1.27. The van der Waals surface area contributed by atoms with E-state index in [9.17, 15) is 15.0 Å². The molecule has 6 heteroatoms. The van der Waals surface area contributed by atoms with E-state index in [0.29, 0.717) is 19.3 Å². The Labute approximate surface area is 69.0 Å². The zero-order valence-corrected chi connectivity index (χ0v) is 6.51. The molecule has 0 amide bonds. The summed E-state index contributed by atoms with van der Waals surface area (Å²) in [5.74, 6) is 0. The largest absolute Gasteiger partial charge is 0.360 e. The van der Waals surface area contributed by atoms with E-state index in [1.165, 1.54) is 0 Å². The molecule has 0 aromatic carbocycles. The monoisotopic (exact) mass is 174 g/mol. The maximum Gasteiger partial charge on any atom is 0.216 e. The van der Waals surface area contributed by atoms with Gasteiger partial charge in [-0.3, -0.25) is 10.1 Å². The van der Waals surface area contributed by atoms with Gasteiger partial charge in [0.15, 0.2) is 5.34 Å². The Morgan fingerprint density at radius 3 is 2.83 bits per heavy atom. The zero-order chi connectivity index (χ0) is 8.97. The van der Waals surface area contributed by atoms with Crippen molar-refractivity contribution < 1.29 is 9.76 Å². The van der Waals surface area contributed by atoms with Crippen LogP contribution in [0.25, 0.3) is 0 Å². The molecular weight excluding hydrogens is 164 g/mol. The van der Waals surface area contributed by atoms with Crippen LogP contribution in [-0.4, -0.2) is 17.1 Å². The van der Waals surface area contributed by atoms with E-state index in [-0.39, 0.29) is 11.0 Å². The van der Waals surface area contributed by atoms with Gasteiger partial charge in [-0.05, 0) is 12.8 Å². The average Bonchev–Trinajstić information content (AvgIpc) is 2.05. The van der Waals surface area contributed by atoms with Gasteiger partial charge in [0.1, 0.15) is 6.10 Å². The van der Waals surface area contributed by atoms with Gasteiger partial charge in [0.2, 0.25) is 6.04 Å². The van der Waals surface area contributed by atoms with Crippen LogP contribution in [0.4, 0.5) is 0 Å².